The van der Waals surface area contributed by atoms with E-state index in [9.17, 15) is 0 Å². The van der Waals surface area contributed by atoms with Gasteiger partial charge in [-0.3, -0.25) is 0 Å². The highest BCUT2D eigenvalue weighted by atomic mass is 16.3. The molecule has 1 atom stereocenters. The highest BCUT2D eigenvalue weighted by molar-refractivity contribution is 6.95. The van der Waals surface area contributed by atoms with Crippen molar-refractivity contribution in [1.29, 1.82) is 0 Å². The molecule has 5 heteroatoms. The number of para-hydroxylation sites is 7. The maximum Gasteiger partial charge on any atom is 0.251 e. The van der Waals surface area contributed by atoms with E-state index in [-0.39, 0.29) is 17.5 Å². The SMILES string of the molecule is CC(C)(C)c1cccc2c1oc1c(-c3cccc4c3N(c3ccccc3)c3cccc5c3B4C3=C(N5c4ccccc4)C(C)(c4cccc5c4oc4c(C(C)(C)C)cccc45)CC=C3)cccc12. The van der Waals surface area contributed by atoms with E-state index in [0.29, 0.717) is 0 Å². The van der Waals surface area contributed by atoms with Crippen LogP contribution in [0.4, 0.5) is 28.4 Å². The number of hydrogen-bond donors (Lipinski definition) is 0. The van der Waals surface area contributed by atoms with Crippen molar-refractivity contribution in [2.75, 3.05) is 9.80 Å². The number of hydrogen-bond acceptors (Lipinski definition) is 4. The third-order valence-electron chi connectivity index (χ3n) is 15.2. The zero-order chi connectivity index (χ0) is 46.3. The van der Waals surface area contributed by atoms with Crippen LogP contribution < -0.4 is 20.7 Å². The molecule has 330 valence electrons. The van der Waals surface area contributed by atoms with Gasteiger partial charge in [0, 0.05) is 88.9 Å². The maximum atomic E-state index is 7.22. The van der Waals surface area contributed by atoms with Gasteiger partial charge in [-0.1, -0.05) is 187 Å². The lowest BCUT2D eigenvalue weighted by atomic mass is 9.31. The van der Waals surface area contributed by atoms with Gasteiger partial charge in [-0.2, -0.15) is 0 Å². The first-order valence-corrected chi connectivity index (χ1v) is 24.2. The Kier molecular flexibility index (Phi) is 8.69. The molecule has 0 radical (unpaired) electrons. The Balaban J connectivity index is 1.12. The van der Waals surface area contributed by atoms with Crippen molar-refractivity contribution in [3.05, 3.63) is 210 Å². The minimum Gasteiger partial charge on any atom is -0.455 e. The molecule has 0 fully saturated rings. The number of furan rings is 2. The fourth-order valence-corrected chi connectivity index (χ4v) is 12.1. The van der Waals surface area contributed by atoms with Crippen LogP contribution in [0.25, 0.3) is 55.0 Å². The van der Waals surface area contributed by atoms with E-state index in [2.05, 4.69) is 240 Å². The first-order chi connectivity index (χ1) is 32.9. The summed E-state index contributed by atoms with van der Waals surface area (Å²) in [6.07, 6.45) is 5.68. The topological polar surface area (TPSA) is 32.8 Å². The average Bonchev–Trinajstić information content (AvgIpc) is 3.93. The van der Waals surface area contributed by atoms with Crippen molar-refractivity contribution >= 4 is 90.0 Å². The summed E-state index contributed by atoms with van der Waals surface area (Å²) in [4.78, 5) is 5.10. The summed E-state index contributed by atoms with van der Waals surface area (Å²) in [7, 11) is 0. The molecule has 0 saturated carbocycles. The number of rotatable bonds is 4. The van der Waals surface area contributed by atoms with Crippen molar-refractivity contribution in [3.63, 3.8) is 0 Å². The van der Waals surface area contributed by atoms with Crippen LogP contribution in [0.5, 0.6) is 0 Å². The van der Waals surface area contributed by atoms with Crippen LogP contribution >= 0.6 is 0 Å². The largest absolute Gasteiger partial charge is 0.455 e. The lowest BCUT2D eigenvalue weighted by Gasteiger charge is -2.50. The van der Waals surface area contributed by atoms with E-state index in [1.54, 1.807) is 0 Å². The minimum absolute atomic E-state index is 0.0771. The minimum atomic E-state index is -0.484. The van der Waals surface area contributed by atoms with Crippen LogP contribution in [0.1, 0.15) is 71.6 Å². The Morgan fingerprint density at radius 2 is 0.985 bits per heavy atom. The van der Waals surface area contributed by atoms with E-state index >= 15 is 0 Å². The van der Waals surface area contributed by atoms with Gasteiger partial charge in [0.25, 0.3) is 6.71 Å². The van der Waals surface area contributed by atoms with Crippen LogP contribution in [0, 0.1) is 0 Å². The molecule has 1 aliphatic carbocycles. The average molecular weight is 881 g/mol. The first kappa shape index (κ1) is 40.8. The van der Waals surface area contributed by atoms with Crippen LogP contribution in [-0.2, 0) is 16.2 Å². The molecule has 68 heavy (non-hydrogen) atoms. The quantitative estimate of drug-likeness (QED) is 0.165. The van der Waals surface area contributed by atoms with Crippen molar-refractivity contribution < 1.29 is 8.83 Å². The van der Waals surface area contributed by atoms with Gasteiger partial charge in [-0.25, -0.2) is 0 Å². The van der Waals surface area contributed by atoms with Gasteiger partial charge in [-0.05, 0) is 77.0 Å². The molecule has 0 amide bonds. The predicted octanol–water partition coefficient (Wildman–Crippen LogP) is 16.0. The molecule has 4 nitrogen and oxygen atoms in total. The van der Waals surface area contributed by atoms with Crippen LogP contribution in [0.3, 0.4) is 0 Å². The van der Waals surface area contributed by atoms with E-state index in [4.69, 9.17) is 8.83 Å². The molecule has 3 aliphatic rings. The summed E-state index contributed by atoms with van der Waals surface area (Å²) >= 11 is 0. The number of fused-ring (bicyclic) bond motifs is 9. The second-order valence-corrected chi connectivity index (χ2v) is 21.4. The molecule has 4 heterocycles. The summed E-state index contributed by atoms with van der Waals surface area (Å²) in [6.45, 7) is 16.0. The highest BCUT2D eigenvalue weighted by Gasteiger charge is 2.50. The third-order valence-corrected chi connectivity index (χ3v) is 15.2. The van der Waals surface area contributed by atoms with Gasteiger partial charge in [0.05, 0.1) is 0 Å². The Labute approximate surface area is 398 Å². The summed E-state index contributed by atoms with van der Waals surface area (Å²) < 4.78 is 14.4. The molecular weight excluding hydrogens is 828 g/mol. The van der Waals surface area contributed by atoms with Crippen molar-refractivity contribution in [2.45, 2.75) is 71.1 Å². The lowest BCUT2D eigenvalue weighted by molar-refractivity contribution is 0.533. The van der Waals surface area contributed by atoms with E-state index in [1.807, 2.05) is 0 Å². The van der Waals surface area contributed by atoms with Crippen LogP contribution in [0.15, 0.2) is 202 Å². The van der Waals surface area contributed by atoms with Gasteiger partial charge in [0.1, 0.15) is 22.3 Å². The summed E-state index contributed by atoms with van der Waals surface area (Å²) in [6, 6.07) is 62.5. The zero-order valence-electron chi connectivity index (χ0n) is 39.8. The Morgan fingerprint density at radius 1 is 0.485 bits per heavy atom. The van der Waals surface area contributed by atoms with E-state index < -0.39 is 5.41 Å². The van der Waals surface area contributed by atoms with E-state index in [0.717, 1.165) is 67.4 Å². The molecule has 0 saturated heterocycles. The van der Waals surface area contributed by atoms with Gasteiger partial charge in [0.15, 0.2) is 0 Å². The molecular formula is C63H53BN2O2. The summed E-state index contributed by atoms with van der Waals surface area (Å²) in [5.74, 6) is 0. The molecule has 10 aromatic rings. The Hall–Kier alpha value is -7.50. The van der Waals surface area contributed by atoms with Gasteiger partial charge >= 0.3 is 0 Å². The number of anilines is 5. The van der Waals surface area contributed by atoms with Crippen LogP contribution in [-0.4, -0.2) is 6.71 Å². The second-order valence-electron chi connectivity index (χ2n) is 21.4. The van der Waals surface area contributed by atoms with Crippen molar-refractivity contribution in [3.8, 4) is 11.1 Å². The monoisotopic (exact) mass is 880 g/mol. The molecule has 0 spiro atoms. The van der Waals surface area contributed by atoms with Gasteiger partial charge in [-0.15, -0.1) is 0 Å². The fourth-order valence-electron chi connectivity index (χ4n) is 12.1. The van der Waals surface area contributed by atoms with Crippen molar-refractivity contribution in [2.24, 2.45) is 0 Å². The van der Waals surface area contributed by atoms with Crippen LogP contribution in [0.2, 0.25) is 0 Å². The highest BCUT2D eigenvalue weighted by Crippen LogP contribution is 2.55. The zero-order valence-corrected chi connectivity index (χ0v) is 39.8. The molecule has 0 bridgehead atoms. The standard InChI is InChI=1S/C63H53BN2O2/c1-61(2,3)47-31-15-28-44-43-27-14-26-42(56(43)67-57(44)47)41-25-18-34-50-55(41)65(39-21-10-8-11-22-39)52-36-19-37-53-54(52)64(50)51-35-20-38-63(7,60(51)66(53)40-23-12-9-13-24-40)49-33-17-30-46-45-29-16-32-48(62(4,5)6)58(45)68-59(46)49/h8-37H,38H2,1-7H3. The molecule has 2 aromatic heterocycles. The lowest BCUT2D eigenvalue weighted by Crippen LogP contribution is -2.58. The summed E-state index contributed by atoms with van der Waals surface area (Å²) in [5, 5.41) is 4.61. The smallest absolute Gasteiger partial charge is 0.251 e. The molecule has 8 aromatic carbocycles. The van der Waals surface area contributed by atoms with Crippen molar-refractivity contribution in [1.82, 2.24) is 0 Å². The Bertz CT molecular complexity index is 3770. The molecule has 1 unspecified atom stereocenters. The number of allylic oxidation sites excluding steroid dienone is 4. The molecule has 0 N–H and O–H groups in total. The number of benzene rings is 8. The molecule has 13 rings (SSSR count). The fraction of sp³-hybridized carbons (Fsp3) is 0.175. The Morgan fingerprint density at radius 3 is 1.62 bits per heavy atom. The number of nitrogens with zero attached hydrogens (tertiary/aromatic N) is 2. The normalized spacial score (nSPS) is 16.8. The maximum absolute atomic E-state index is 7.22. The summed E-state index contributed by atoms with van der Waals surface area (Å²) in [5.41, 5.74) is 20.0. The van der Waals surface area contributed by atoms with Gasteiger partial charge < -0.3 is 18.6 Å². The molecule has 2 aliphatic heterocycles. The predicted molar refractivity (Wildman–Crippen MR) is 287 cm³/mol. The first-order valence-electron chi connectivity index (χ1n) is 24.2. The second kappa shape index (κ2) is 14.5. The van der Waals surface area contributed by atoms with E-state index in [1.165, 1.54) is 61.2 Å². The van der Waals surface area contributed by atoms with Gasteiger partial charge in [0.2, 0.25) is 0 Å². The third kappa shape index (κ3) is 5.75.